The van der Waals surface area contributed by atoms with Gasteiger partial charge in [-0.15, -0.1) is 0 Å². The summed E-state index contributed by atoms with van der Waals surface area (Å²) < 4.78 is 0. The van der Waals surface area contributed by atoms with E-state index < -0.39 is 0 Å². The molecule has 3 aromatic rings. The van der Waals surface area contributed by atoms with Crippen molar-refractivity contribution in [2.24, 2.45) is 0 Å². The third-order valence-corrected chi connectivity index (χ3v) is 4.68. The van der Waals surface area contributed by atoms with Crippen molar-refractivity contribution in [3.63, 3.8) is 0 Å². The topological polar surface area (TPSA) is 70.7 Å². The van der Waals surface area contributed by atoms with Gasteiger partial charge in [0.05, 0.1) is 12.1 Å². The average molecular weight is 320 g/mol. The predicted octanol–water partition coefficient (Wildman–Crippen LogP) is 3.08. The molecule has 24 heavy (non-hydrogen) atoms. The van der Waals surface area contributed by atoms with Crippen molar-refractivity contribution in [2.45, 2.75) is 39.2 Å². The van der Waals surface area contributed by atoms with Crippen LogP contribution in [0.15, 0.2) is 30.5 Å². The number of aromatic nitrogens is 3. The summed E-state index contributed by atoms with van der Waals surface area (Å²) in [5.41, 5.74) is 5.12. The lowest BCUT2D eigenvalue weighted by atomic mass is 9.95. The van der Waals surface area contributed by atoms with E-state index in [0.717, 1.165) is 35.1 Å². The fourth-order valence-electron chi connectivity index (χ4n) is 3.44. The van der Waals surface area contributed by atoms with Gasteiger partial charge in [0.2, 0.25) is 0 Å². The number of fused-ring (bicyclic) bond motifs is 2. The first kappa shape index (κ1) is 14.9. The van der Waals surface area contributed by atoms with Crippen LogP contribution in [0.3, 0.4) is 0 Å². The fraction of sp³-hybridized carbons (Fsp3) is 0.316. The summed E-state index contributed by atoms with van der Waals surface area (Å²) in [4.78, 5) is 24.8. The number of nitrogens with one attached hydrogen (secondary N) is 2. The highest BCUT2D eigenvalue weighted by Gasteiger charge is 2.16. The number of hydrogen-bond donors (Lipinski definition) is 2. The third-order valence-electron chi connectivity index (χ3n) is 4.68. The molecular weight excluding hydrogens is 300 g/mol. The molecule has 1 aromatic carbocycles. The fourth-order valence-corrected chi connectivity index (χ4v) is 3.44. The molecule has 0 radical (unpaired) electrons. The first-order chi connectivity index (χ1) is 11.7. The summed E-state index contributed by atoms with van der Waals surface area (Å²) in [6.07, 6.45) is 6.24. The molecule has 0 atom stereocenters. The number of H-pyrrole nitrogens is 1. The smallest absolute Gasteiger partial charge is 0.253 e. The Balaban J connectivity index is 1.52. The molecule has 0 unspecified atom stereocenters. The monoisotopic (exact) mass is 320 g/mol. The Morgan fingerprint density at radius 1 is 1.21 bits per heavy atom. The molecule has 1 amide bonds. The van der Waals surface area contributed by atoms with E-state index in [0.29, 0.717) is 17.9 Å². The van der Waals surface area contributed by atoms with Crippen LogP contribution in [-0.2, 0) is 19.4 Å². The van der Waals surface area contributed by atoms with E-state index in [1.54, 1.807) is 6.20 Å². The number of carbonyl (C=O) groups excluding carboxylic acids is 1. The van der Waals surface area contributed by atoms with E-state index in [1.807, 2.05) is 31.2 Å². The van der Waals surface area contributed by atoms with Crippen molar-refractivity contribution in [1.29, 1.82) is 0 Å². The highest BCUT2D eigenvalue weighted by molar-refractivity contribution is 6.06. The maximum Gasteiger partial charge on any atom is 0.253 e. The maximum atomic E-state index is 12.5. The molecular formula is C19H20N4O. The van der Waals surface area contributed by atoms with E-state index in [1.165, 1.54) is 18.4 Å². The number of nitrogens with zero attached hydrogens (tertiary/aromatic N) is 2. The average Bonchev–Trinajstić information content (AvgIpc) is 3.04. The van der Waals surface area contributed by atoms with Gasteiger partial charge in [-0.2, -0.15) is 0 Å². The van der Waals surface area contributed by atoms with Crippen molar-refractivity contribution < 1.29 is 4.79 Å². The SMILES string of the molecule is Cc1nc(CNC(=O)c2c[nH]c3ccccc23)nc2c1CCCC2. The molecule has 0 aliphatic heterocycles. The summed E-state index contributed by atoms with van der Waals surface area (Å²) in [6.45, 7) is 2.39. The van der Waals surface area contributed by atoms with E-state index >= 15 is 0 Å². The van der Waals surface area contributed by atoms with Gasteiger partial charge in [-0.3, -0.25) is 4.79 Å². The van der Waals surface area contributed by atoms with Gasteiger partial charge in [0.25, 0.3) is 5.91 Å². The Morgan fingerprint density at radius 3 is 2.96 bits per heavy atom. The lowest BCUT2D eigenvalue weighted by Gasteiger charge is -2.17. The number of aryl methyl sites for hydroxylation is 2. The molecule has 122 valence electrons. The zero-order valence-electron chi connectivity index (χ0n) is 13.7. The summed E-state index contributed by atoms with van der Waals surface area (Å²) >= 11 is 0. The number of amides is 1. The summed E-state index contributed by atoms with van der Waals surface area (Å²) in [5.74, 6) is 0.591. The minimum absolute atomic E-state index is 0.105. The van der Waals surface area contributed by atoms with Crippen LogP contribution in [0, 0.1) is 6.92 Å². The van der Waals surface area contributed by atoms with Crippen LogP contribution >= 0.6 is 0 Å². The normalized spacial score (nSPS) is 13.7. The number of para-hydroxylation sites is 1. The molecule has 0 spiro atoms. The second-order valence-corrected chi connectivity index (χ2v) is 6.29. The minimum atomic E-state index is -0.105. The Bertz CT molecular complexity index is 913. The predicted molar refractivity (Wildman–Crippen MR) is 92.9 cm³/mol. The number of aromatic amines is 1. The van der Waals surface area contributed by atoms with E-state index in [4.69, 9.17) is 0 Å². The largest absolute Gasteiger partial charge is 0.360 e. The molecule has 2 N–H and O–H groups in total. The van der Waals surface area contributed by atoms with Gasteiger partial charge in [0.15, 0.2) is 0 Å². The van der Waals surface area contributed by atoms with Gasteiger partial charge in [-0.05, 0) is 44.2 Å². The quantitative estimate of drug-likeness (QED) is 0.779. The summed E-state index contributed by atoms with van der Waals surface area (Å²) in [6, 6.07) is 7.79. The lowest BCUT2D eigenvalue weighted by molar-refractivity contribution is 0.0951. The second-order valence-electron chi connectivity index (χ2n) is 6.29. The van der Waals surface area contributed by atoms with Gasteiger partial charge in [0, 0.05) is 28.5 Å². The zero-order chi connectivity index (χ0) is 16.5. The molecule has 4 rings (SSSR count). The Kier molecular flexibility index (Phi) is 3.76. The molecule has 0 bridgehead atoms. The van der Waals surface area contributed by atoms with Crippen LogP contribution in [0.1, 0.15) is 46.0 Å². The van der Waals surface area contributed by atoms with Gasteiger partial charge in [-0.25, -0.2) is 9.97 Å². The Hall–Kier alpha value is -2.69. The van der Waals surface area contributed by atoms with Crippen LogP contribution in [0.25, 0.3) is 10.9 Å². The van der Waals surface area contributed by atoms with Crippen LogP contribution < -0.4 is 5.32 Å². The number of rotatable bonds is 3. The molecule has 2 aromatic heterocycles. The maximum absolute atomic E-state index is 12.5. The number of hydrogen-bond acceptors (Lipinski definition) is 3. The van der Waals surface area contributed by atoms with Crippen molar-refractivity contribution in [2.75, 3.05) is 0 Å². The van der Waals surface area contributed by atoms with E-state index in [-0.39, 0.29) is 5.91 Å². The van der Waals surface area contributed by atoms with E-state index in [9.17, 15) is 4.79 Å². The molecule has 0 saturated carbocycles. The minimum Gasteiger partial charge on any atom is -0.360 e. The van der Waals surface area contributed by atoms with Crippen LogP contribution in [0.4, 0.5) is 0 Å². The third kappa shape index (κ3) is 2.66. The van der Waals surface area contributed by atoms with Crippen molar-refractivity contribution >= 4 is 16.8 Å². The number of carbonyl (C=O) groups is 1. The zero-order valence-corrected chi connectivity index (χ0v) is 13.7. The van der Waals surface area contributed by atoms with Crippen molar-refractivity contribution in [3.05, 3.63) is 58.8 Å². The van der Waals surface area contributed by atoms with Crippen molar-refractivity contribution in [3.8, 4) is 0 Å². The molecule has 5 heteroatoms. The standard InChI is InChI=1S/C19H20N4O/c1-12-13-6-2-5-9-17(13)23-18(22-12)11-21-19(24)15-10-20-16-8-4-3-7-14(15)16/h3-4,7-8,10,20H,2,5-6,9,11H2,1H3,(H,21,24). The Labute approximate surface area is 140 Å². The molecule has 0 saturated heterocycles. The summed E-state index contributed by atoms with van der Waals surface area (Å²) in [7, 11) is 0. The highest BCUT2D eigenvalue weighted by atomic mass is 16.1. The molecule has 1 aliphatic carbocycles. The lowest BCUT2D eigenvalue weighted by Crippen LogP contribution is -2.25. The molecule has 0 fully saturated rings. The van der Waals surface area contributed by atoms with Crippen LogP contribution in [0.5, 0.6) is 0 Å². The van der Waals surface area contributed by atoms with Crippen molar-refractivity contribution in [1.82, 2.24) is 20.3 Å². The summed E-state index contributed by atoms with van der Waals surface area (Å²) in [5, 5.41) is 3.87. The van der Waals surface area contributed by atoms with Gasteiger partial charge in [-0.1, -0.05) is 18.2 Å². The van der Waals surface area contributed by atoms with Crippen LogP contribution in [-0.4, -0.2) is 20.9 Å². The van der Waals surface area contributed by atoms with Gasteiger partial charge >= 0.3 is 0 Å². The highest BCUT2D eigenvalue weighted by Crippen LogP contribution is 2.22. The molecule has 5 nitrogen and oxygen atoms in total. The Morgan fingerprint density at radius 2 is 2.04 bits per heavy atom. The first-order valence-corrected chi connectivity index (χ1v) is 8.42. The first-order valence-electron chi connectivity index (χ1n) is 8.42. The van der Waals surface area contributed by atoms with Crippen LogP contribution in [0.2, 0.25) is 0 Å². The molecule has 1 aliphatic rings. The molecule has 2 heterocycles. The second kappa shape index (κ2) is 6.07. The number of benzene rings is 1. The van der Waals surface area contributed by atoms with Gasteiger partial charge in [0.1, 0.15) is 5.82 Å². The van der Waals surface area contributed by atoms with E-state index in [2.05, 4.69) is 20.3 Å². The van der Waals surface area contributed by atoms with Gasteiger partial charge < -0.3 is 10.3 Å².